The van der Waals surface area contributed by atoms with Crippen molar-refractivity contribution in [2.75, 3.05) is 13.7 Å². The van der Waals surface area contributed by atoms with Crippen LogP contribution in [-0.4, -0.2) is 19.6 Å². The van der Waals surface area contributed by atoms with Crippen LogP contribution >= 0.6 is 12.4 Å². The van der Waals surface area contributed by atoms with E-state index in [4.69, 9.17) is 10.5 Å². The molecule has 8 heteroatoms. The van der Waals surface area contributed by atoms with Crippen molar-refractivity contribution in [3.05, 3.63) is 29.3 Å². The molecule has 0 aliphatic carbocycles. The van der Waals surface area contributed by atoms with Gasteiger partial charge in [0.25, 0.3) is 0 Å². The van der Waals surface area contributed by atoms with Crippen LogP contribution < -0.4 is 15.8 Å². The zero-order chi connectivity index (χ0) is 13.8. The maximum absolute atomic E-state index is 12.8. The number of nitrogens with one attached hydrogen (secondary N) is 1. The Labute approximate surface area is 114 Å². The predicted octanol–water partition coefficient (Wildman–Crippen LogP) is 1.71. The first-order valence-corrected chi connectivity index (χ1v) is 5.09. The summed E-state index contributed by atoms with van der Waals surface area (Å²) >= 11 is 0. The summed E-state index contributed by atoms with van der Waals surface area (Å²) in [5.41, 5.74) is 4.18. The molecule has 108 valence electrons. The first-order chi connectivity index (χ1) is 8.38. The number of benzene rings is 1. The Kier molecular flexibility index (Phi) is 6.64. The predicted molar refractivity (Wildman–Crippen MR) is 66.1 cm³/mol. The van der Waals surface area contributed by atoms with Crippen molar-refractivity contribution >= 4 is 18.3 Å². The van der Waals surface area contributed by atoms with Gasteiger partial charge in [-0.25, -0.2) is 0 Å². The van der Waals surface area contributed by atoms with E-state index >= 15 is 0 Å². The van der Waals surface area contributed by atoms with Crippen LogP contribution in [0, 0.1) is 0 Å². The van der Waals surface area contributed by atoms with Crippen molar-refractivity contribution in [2.45, 2.75) is 12.7 Å². The minimum atomic E-state index is -4.50. The number of alkyl halides is 3. The first kappa shape index (κ1) is 17.5. The van der Waals surface area contributed by atoms with Gasteiger partial charge in [0, 0.05) is 6.54 Å². The van der Waals surface area contributed by atoms with Crippen LogP contribution in [0.3, 0.4) is 0 Å². The molecule has 1 amide bonds. The lowest BCUT2D eigenvalue weighted by molar-refractivity contribution is -0.138. The van der Waals surface area contributed by atoms with Gasteiger partial charge in [0.15, 0.2) is 0 Å². The van der Waals surface area contributed by atoms with Gasteiger partial charge < -0.3 is 15.8 Å². The van der Waals surface area contributed by atoms with E-state index in [9.17, 15) is 18.0 Å². The summed E-state index contributed by atoms with van der Waals surface area (Å²) < 4.78 is 43.1. The van der Waals surface area contributed by atoms with Crippen molar-refractivity contribution in [1.82, 2.24) is 5.32 Å². The molecule has 0 radical (unpaired) electrons. The van der Waals surface area contributed by atoms with E-state index in [0.717, 1.165) is 6.07 Å². The van der Waals surface area contributed by atoms with E-state index in [2.05, 4.69) is 5.32 Å². The summed E-state index contributed by atoms with van der Waals surface area (Å²) in [6.07, 6.45) is -4.50. The molecule has 1 rings (SSSR count). The molecule has 0 saturated carbocycles. The van der Waals surface area contributed by atoms with Gasteiger partial charge in [0.05, 0.1) is 19.2 Å². The molecule has 4 nitrogen and oxygen atoms in total. The van der Waals surface area contributed by atoms with E-state index in [1.807, 2.05) is 0 Å². The largest absolute Gasteiger partial charge is 0.497 e. The topological polar surface area (TPSA) is 64.3 Å². The molecule has 3 N–H and O–H groups in total. The fourth-order valence-electron chi connectivity index (χ4n) is 1.37. The Morgan fingerprint density at radius 2 is 2.05 bits per heavy atom. The van der Waals surface area contributed by atoms with Crippen molar-refractivity contribution in [3.8, 4) is 5.75 Å². The van der Waals surface area contributed by atoms with E-state index < -0.39 is 17.6 Å². The van der Waals surface area contributed by atoms with Gasteiger partial charge in [0.1, 0.15) is 5.75 Å². The van der Waals surface area contributed by atoms with E-state index in [0.29, 0.717) is 0 Å². The number of amides is 1. The Morgan fingerprint density at radius 1 is 1.42 bits per heavy atom. The Balaban J connectivity index is 0.00000324. The maximum atomic E-state index is 12.8. The monoisotopic (exact) mass is 298 g/mol. The fourth-order valence-corrected chi connectivity index (χ4v) is 1.37. The van der Waals surface area contributed by atoms with Gasteiger partial charge >= 0.3 is 6.18 Å². The molecule has 0 bridgehead atoms. The third-order valence-electron chi connectivity index (χ3n) is 2.28. The van der Waals surface area contributed by atoms with E-state index in [1.54, 1.807) is 0 Å². The molecular weight excluding hydrogens is 285 g/mol. The summed E-state index contributed by atoms with van der Waals surface area (Å²) in [6.45, 7) is -0.494. The number of nitrogens with two attached hydrogens (primary N) is 1. The third kappa shape index (κ3) is 4.96. The van der Waals surface area contributed by atoms with Gasteiger partial charge in [-0.05, 0) is 17.7 Å². The molecule has 0 saturated heterocycles. The zero-order valence-corrected chi connectivity index (χ0v) is 10.9. The molecular formula is C11H14ClF3N2O2. The van der Waals surface area contributed by atoms with Gasteiger partial charge in [-0.1, -0.05) is 6.07 Å². The summed E-state index contributed by atoms with van der Waals surface area (Å²) in [5, 5.41) is 2.29. The third-order valence-corrected chi connectivity index (χ3v) is 2.28. The van der Waals surface area contributed by atoms with Gasteiger partial charge in [0.2, 0.25) is 5.91 Å². The SMILES string of the molecule is COc1ccc(CNC(=O)CN)c(C(F)(F)F)c1.Cl. The highest BCUT2D eigenvalue weighted by Gasteiger charge is 2.33. The van der Waals surface area contributed by atoms with Crippen molar-refractivity contribution in [3.63, 3.8) is 0 Å². The second-order valence-electron chi connectivity index (χ2n) is 3.50. The number of halogens is 4. The van der Waals surface area contributed by atoms with E-state index in [1.165, 1.54) is 19.2 Å². The van der Waals surface area contributed by atoms with Gasteiger partial charge in [-0.15, -0.1) is 12.4 Å². The van der Waals surface area contributed by atoms with Crippen LogP contribution in [0.25, 0.3) is 0 Å². The summed E-state index contributed by atoms with van der Waals surface area (Å²) in [5.74, 6) is -0.407. The smallest absolute Gasteiger partial charge is 0.416 e. The van der Waals surface area contributed by atoms with Crippen LogP contribution in [0.1, 0.15) is 11.1 Å². The molecule has 0 atom stereocenters. The second kappa shape index (κ2) is 7.20. The summed E-state index contributed by atoms with van der Waals surface area (Å²) in [6, 6.07) is 3.56. The van der Waals surface area contributed by atoms with Crippen LogP contribution in [0.4, 0.5) is 13.2 Å². The van der Waals surface area contributed by atoms with Crippen LogP contribution in [0.15, 0.2) is 18.2 Å². The minimum Gasteiger partial charge on any atom is -0.497 e. The van der Waals surface area contributed by atoms with Crippen molar-refractivity contribution in [2.24, 2.45) is 5.73 Å². The molecule has 0 unspecified atom stereocenters. The lowest BCUT2D eigenvalue weighted by atomic mass is 10.1. The van der Waals surface area contributed by atoms with E-state index in [-0.39, 0.29) is 36.8 Å². The molecule has 0 spiro atoms. The molecule has 0 fully saturated rings. The number of carbonyl (C=O) groups is 1. The number of methoxy groups -OCH3 is 1. The normalized spacial score (nSPS) is 10.6. The number of carbonyl (C=O) groups excluding carboxylic acids is 1. The molecule has 0 aromatic heterocycles. The van der Waals surface area contributed by atoms with Crippen molar-refractivity contribution < 1.29 is 22.7 Å². The lowest BCUT2D eigenvalue weighted by Crippen LogP contribution is -2.30. The minimum absolute atomic E-state index is 0. The number of ether oxygens (including phenoxy) is 1. The molecule has 0 aliphatic rings. The second-order valence-corrected chi connectivity index (χ2v) is 3.50. The highest BCUT2D eigenvalue weighted by Crippen LogP contribution is 2.34. The Bertz CT molecular complexity index is 438. The highest BCUT2D eigenvalue weighted by atomic mass is 35.5. The average Bonchev–Trinajstić information content (AvgIpc) is 2.34. The first-order valence-electron chi connectivity index (χ1n) is 5.09. The number of rotatable bonds is 4. The van der Waals surface area contributed by atoms with Crippen LogP contribution in [0.2, 0.25) is 0 Å². The molecule has 0 heterocycles. The molecule has 1 aromatic rings. The zero-order valence-electron chi connectivity index (χ0n) is 10.1. The molecule has 1 aromatic carbocycles. The molecule has 0 aliphatic heterocycles. The summed E-state index contributed by atoms with van der Waals surface area (Å²) in [4.78, 5) is 10.9. The standard InChI is InChI=1S/C11H13F3N2O2.ClH/c1-18-8-3-2-7(6-16-10(17)5-15)9(4-8)11(12,13)14;/h2-4H,5-6,15H2,1H3,(H,16,17);1H. The van der Waals surface area contributed by atoms with Crippen LogP contribution in [-0.2, 0) is 17.5 Å². The number of hydrogen-bond acceptors (Lipinski definition) is 3. The highest BCUT2D eigenvalue weighted by molar-refractivity contribution is 5.85. The fraction of sp³-hybridized carbons (Fsp3) is 0.364. The quantitative estimate of drug-likeness (QED) is 0.889. The Morgan fingerprint density at radius 3 is 2.53 bits per heavy atom. The molecule has 19 heavy (non-hydrogen) atoms. The van der Waals surface area contributed by atoms with Gasteiger partial charge in [-0.3, -0.25) is 4.79 Å². The van der Waals surface area contributed by atoms with Crippen LogP contribution in [0.5, 0.6) is 5.75 Å². The number of hydrogen-bond donors (Lipinski definition) is 2. The Hall–Kier alpha value is -1.47. The van der Waals surface area contributed by atoms with Crippen molar-refractivity contribution in [1.29, 1.82) is 0 Å². The maximum Gasteiger partial charge on any atom is 0.416 e. The summed E-state index contributed by atoms with van der Waals surface area (Å²) in [7, 11) is 1.28. The van der Waals surface area contributed by atoms with Gasteiger partial charge in [-0.2, -0.15) is 13.2 Å². The average molecular weight is 299 g/mol. The lowest BCUT2D eigenvalue weighted by Gasteiger charge is -2.14.